The number of carbonyl (C=O) groups excluding carboxylic acids is 1. The normalized spacial score (nSPS) is 22.5. The van der Waals surface area contributed by atoms with Crippen LogP contribution in [0.15, 0.2) is 36.8 Å². The Morgan fingerprint density at radius 1 is 1.22 bits per heavy atom. The molecular formula is C27H28ClFN6O2. The van der Waals surface area contributed by atoms with Crippen molar-refractivity contribution in [1.29, 1.82) is 5.26 Å². The molecule has 5 rings (SSSR count). The number of Topliss-reactive ketones (excluding diaryl/α,β-unsaturated/α-hetero) is 1. The van der Waals surface area contributed by atoms with Gasteiger partial charge in [0.2, 0.25) is 0 Å². The van der Waals surface area contributed by atoms with Crippen molar-refractivity contribution in [1.82, 2.24) is 24.6 Å². The van der Waals surface area contributed by atoms with Gasteiger partial charge in [-0.15, -0.1) is 0 Å². The first kappa shape index (κ1) is 25.5. The molecule has 0 radical (unpaired) electrons. The van der Waals surface area contributed by atoms with Crippen LogP contribution in [0.2, 0.25) is 5.02 Å². The third-order valence-electron chi connectivity index (χ3n) is 7.56. The van der Waals surface area contributed by atoms with Crippen molar-refractivity contribution < 1.29 is 13.9 Å². The molecule has 0 spiro atoms. The Bertz CT molecular complexity index is 1320. The second-order valence-corrected chi connectivity index (χ2v) is 10.2. The third-order valence-corrected chi connectivity index (χ3v) is 7.77. The molecule has 0 atom stereocenters. The zero-order valence-corrected chi connectivity index (χ0v) is 21.4. The molecular weight excluding hydrogens is 495 g/mol. The number of hydrogen-bond donors (Lipinski definition) is 0. The van der Waals surface area contributed by atoms with E-state index in [1.54, 1.807) is 13.1 Å². The molecule has 8 nitrogen and oxygen atoms in total. The van der Waals surface area contributed by atoms with Crippen molar-refractivity contribution in [3.8, 4) is 11.9 Å². The quantitative estimate of drug-likeness (QED) is 0.447. The summed E-state index contributed by atoms with van der Waals surface area (Å²) in [6, 6.07) is 7.94. The molecule has 3 aromatic rings. The zero-order valence-electron chi connectivity index (χ0n) is 20.7. The molecule has 1 saturated carbocycles. The minimum Gasteiger partial charge on any atom is -0.379 e. The Morgan fingerprint density at radius 3 is 2.62 bits per heavy atom. The lowest BCUT2D eigenvalue weighted by Gasteiger charge is -2.41. The molecule has 0 bridgehead atoms. The highest BCUT2D eigenvalue weighted by molar-refractivity contribution is 6.30. The third kappa shape index (κ3) is 5.14. The molecule has 3 aromatic heterocycles. The number of aromatic nitrogens is 4. The summed E-state index contributed by atoms with van der Waals surface area (Å²) in [7, 11) is 0. The van der Waals surface area contributed by atoms with Crippen molar-refractivity contribution >= 4 is 17.4 Å². The molecule has 0 amide bonds. The second kappa shape index (κ2) is 10.7. The van der Waals surface area contributed by atoms with Crippen LogP contribution in [0, 0.1) is 24.1 Å². The van der Waals surface area contributed by atoms with Crippen molar-refractivity contribution in [2.75, 3.05) is 26.3 Å². The SMILES string of the molecule is Cc1c(C(=O)Cc2ccc(C3(C#N)CCC(N4CCOCC4)CC3)nc2)cnn1-c1ncc(Cl)cc1F. The summed E-state index contributed by atoms with van der Waals surface area (Å²) in [4.78, 5) is 24.1. The van der Waals surface area contributed by atoms with Crippen LogP contribution in [0.3, 0.4) is 0 Å². The maximum absolute atomic E-state index is 14.3. The van der Waals surface area contributed by atoms with Gasteiger partial charge in [0.15, 0.2) is 17.4 Å². The average Bonchev–Trinajstić information content (AvgIpc) is 3.30. The van der Waals surface area contributed by atoms with Crippen LogP contribution in [0.4, 0.5) is 4.39 Å². The van der Waals surface area contributed by atoms with E-state index >= 15 is 0 Å². The van der Waals surface area contributed by atoms with Crippen LogP contribution in [0.25, 0.3) is 5.82 Å². The lowest BCUT2D eigenvalue weighted by molar-refractivity contribution is 0.00493. The first-order valence-corrected chi connectivity index (χ1v) is 12.9. The minimum atomic E-state index is -0.622. The number of ether oxygens (including phenoxy) is 1. The van der Waals surface area contributed by atoms with E-state index in [1.165, 1.54) is 17.1 Å². The van der Waals surface area contributed by atoms with Crippen LogP contribution in [-0.4, -0.2) is 62.8 Å². The van der Waals surface area contributed by atoms with Gasteiger partial charge in [-0.25, -0.2) is 14.1 Å². The van der Waals surface area contributed by atoms with Crippen LogP contribution in [0.5, 0.6) is 0 Å². The largest absolute Gasteiger partial charge is 0.379 e. The molecule has 1 aliphatic heterocycles. The number of nitriles is 1. The fourth-order valence-corrected chi connectivity index (χ4v) is 5.53. The van der Waals surface area contributed by atoms with Gasteiger partial charge in [-0.05, 0) is 50.3 Å². The van der Waals surface area contributed by atoms with E-state index in [0.29, 0.717) is 17.3 Å². The molecule has 37 heavy (non-hydrogen) atoms. The number of rotatable bonds is 6. The van der Waals surface area contributed by atoms with E-state index in [4.69, 9.17) is 16.3 Å². The molecule has 4 heterocycles. The van der Waals surface area contributed by atoms with Gasteiger partial charge in [-0.3, -0.25) is 14.7 Å². The second-order valence-electron chi connectivity index (χ2n) is 9.74. The number of carbonyl (C=O) groups is 1. The minimum absolute atomic E-state index is 0.0166. The Morgan fingerprint density at radius 2 is 1.97 bits per heavy atom. The van der Waals surface area contributed by atoms with Gasteiger partial charge >= 0.3 is 0 Å². The highest BCUT2D eigenvalue weighted by Gasteiger charge is 2.40. The van der Waals surface area contributed by atoms with Crippen molar-refractivity contribution in [3.63, 3.8) is 0 Å². The molecule has 0 aromatic carbocycles. The van der Waals surface area contributed by atoms with E-state index in [0.717, 1.165) is 69.3 Å². The first-order valence-electron chi connectivity index (χ1n) is 12.5. The molecule has 1 aliphatic carbocycles. The van der Waals surface area contributed by atoms with Gasteiger partial charge < -0.3 is 4.74 Å². The molecule has 0 N–H and O–H groups in total. The number of pyridine rings is 2. The molecule has 10 heteroatoms. The Kier molecular flexibility index (Phi) is 7.33. The summed E-state index contributed by atoms with van der Waals surface area (Å²) in [5, 5.41) is 14.4. The van der Waals surface area contributed by atoms with Crippen LogP contribution in [0.1, 0.15) is 53.0 Å². The number of ketones is 1. The van der Waals surface area contributed by atoms with Crippen LogP contribution in [-0.2, 0) is 16.6 Å². The summed E-state index contributed by atoms with van der Waals surface area (Å²) >= 11 is 5.79. The highest BCUT2D eigenvalue weighted by Crippen LogP contribution is 2.39. The molecule has 2 fully saturated rings. The number of nitrogens with zero attached hydrogens (tertiary/aromatic N) is 6. The van der Waals surface area contributed by atoms with Crippen LogP contribution >= 0.6 is 11.6 Å². The number of halogens is 2. The lowest BCUT2D eigenvalue weighted by Crippen LogP contribution is -2.47. The highest BCUT2D eigenvalue weighted by atomic mass is 35.5. The molecule has 2 aliphatic rings. The van der Waals surface area contributed by atoms with Gasteiger partial charge in [-0.1, -0.05) is 17.7 Å². The van der Waals surface area contributed by atoms with Gasteiger partial charge in [0.05, 0.1) is 52.9 Å². The fraction of sp³-hybridized carbons (Fsp3) is 0.444. The van der Waals surface area contributed by atoms with Crippen molar-refractivity contribution in [3.05, 3.63) is 70.1 Å². The van der Waals surface area contributed by atoms with Crippen molar-refractivity contribution in [2.24, 2.45) is 0 Å². The van der Waals surface area contributed by atoms with Gasteiger partial charge in [-0.2, -0.15) is 10.4 Å². The predicted molar refractivity (Wildman–Crippen MR) is 135 cm³/mol. The van der Waals surface area contributed by atoms with E-state index < -0.39 is 11.2 Å². The Labute approximate surface area is 220 Å². The zero-order chi connectivity index (χ0) is 26.0. The first-order chi connectivity index (χ1) is 17.9. The number of hydrogen-bond acceptors (Lipinski definition) is 7. The summed E-state index contributed by atoms with van der Waals surface area (Å²) in [6.07, 6.45) is 8.01. The van der Waals surface area contributed by atoms with Gasteiger partial charge in [0, 0.05) is 37.9 Å². The number of morpholine rings is 1. The van der Waals surface area contributed by atoms with E-state index in [9.17, 15) is 14.4 Å². The average molecular weight is 523 g/mol. The topological polar surface area (TPSA) is 96.9 Å². The molecule has 1 saturated heterocycles. The summed E-state index contributed by atoms with van der Waals surface area (Å²) in [6.45, 7) is 5.15. The summed E-state index contributed by atoms with van der Waals surface area (Å²) < 4.78 is 21.1. The summed E-state index contributed by atoms with van der Waals surface area (Å²) in [5.41, 5.74) is 1.78. The van der Waals surface area contributed by atoms with E-state index in [1.807, 2.05) is 12.1 Å². The van der Waals surface area contributed by atoms with Crippen molar-refractivity contribution in [2.45, 2.75) is 50.5 Å². The lowest BCUT2D eigenvalue weighted by atomic mass is 9.71. The smallest absolute Gasteiger partial charge is 0.190 e. The summed E-state index contributed by atoms with van der Waals surface area (Å²) in [5.74, 6) is -0.798. The monoisotopic (exact) mass is 522 g/mol. The molecule has 0 unspecified atom stereocenters. The molecule has 192 valence electrons. The van der Waals surface area contributed by atoms with Gasteiger partial charge in [0.1, 0.15) is 0 Å². The fourth-order valence-electron chi connectivity index (χ4n) is 5.38. The Hall–Kier alpha value is -3.19. The maximum atomic E-state index is 14.3. The Balaban J connectivity index is 1.26. The van der Waals surface area contributed by atoms with Gasteiger partial charge in [0.25, 0.3) is 0 Å². The van der Waals surface area contributed by atoms with E-state index in [-0.39, 0.29) is 23.0 Å². The van der Waals surface area contributed by atoms with Crippen LogP contribution < -0.4 is 0 Å². The maximum Gasteiger partial charge on any atom is 0.190 e. The standard InChI is InChI=1S/C27H28ClFN6O2/c1-18-22(16-33-35(18)26-23(29)13-20(28)15-32-26)24(36)12-19-2-3-25(31-14-19)27(17-30)6-4-21(5-7-27)34-8-10-37-11-9-34/h2-3,13-16,21H,4-12H2,1H3. The predicted octanol–water partition coefficient (Wildman–Crippen LogP) is 4.22. The van der Waals surface area contributed by atoms with E-state index in [2.05, 4.69) is 26.0 Å².